The lowest BCUT2D eigenvalue weighted by atomic mass is 10.1. The molecule has 11 heteroatoms. The molecule has 0 aliphatic carbocycles. The molecule has 0 spiro atoms. The summed E-state index contributed by atoms with van der Waals surface area (Å²) in [6, 6.07) is 8.57. The van der Waals surface area contributed by atoms with E-state index in [0.717, 1.165) is 28.1 Å². The lowest BCUT2D eigenvalue weighted by molar-refractivity contribution is -0.114. The second kappa shape index (κ2) is 7.94. The Labute approximate surface area is 184 Å². The van der Waals surface area contributed by atoms with Gasteiger partial charge in [0.25, 0.3) is 0 Å². The fraction of sp³-hybridized carbons (Fsp3) is 0.0526. The Hall–Kier alpha value is -3.14. The third-order valence-corrected chi connectivity index (χ3v) is 5.85. The molecule has 4 rings (SSSR count). The maximum atomic E-state index is 13.1. The molecule has 0 bridgehead atoms. The summed E-state index contributed by atoms with van der Waals surface area (Å²) >= 11 is 13.6. The topological polar surface area (TPSA) is 126 Å². The summed E-state index contributed by atoms with van der Waals surface area (Å²) < 4.78 is 0. The summed E-state index contributed by atoms with van der Waals surface area (Å²) in [5.41, 5.74) is 8.76. The van der Waals surface area contributed by atoms with Gasteiger partial charge in [-0.15, -0.1) is 0 Å². The Morgan fingerprint density at radius 2 is 2.00 bits per heavy atom. The number of ketones is 1. The molecule has 0 saturated heterocycles. The molecule has 30 heavy (non-hydrogen) atoms. The molecule has 152 valence electrons. The highest BCUT2D eigenvalue weighted by Crippen LogP contribution is 2.37. The predicted octanol–water partition coefficient (Wildman–Crippen LogP) is 4.84. The highest BCUT2D eigenvalue weighted by Gasteiger charge is 2.24. The predicted molar refractivity (Wildman–Crippen MR) is 120 cm³/mol. The molecule has 8 nitrogen and oxygen atoms in total. The number of nitrogens with one attached hydrogen (secondary N) is 3. The fourth-order valence-corrected chi connectivity index (χ4v) is 4.29. The number of nitrogens with zero attached hydrogens (tertiary/aromatic N) is 2. The number of hydrogen-bond donors (Lipinski definition) is 4. The van der Waals surface area contributed by atoms with Gasteiger partial charge in [-0.2, -0.15) is 0 Å². The van der Waals surface area contributed by atoms with E-state index in [1.54, 1.807) is 6.33 Å². The number of hydrogen-bond acceptors (Lipinski definition) is 7. The quantitative estimate of drug-likeness (QED) is 0.315. The van der Waals surface area contributed by atoms with Crippen molar-refractivity contribution >= 4 is 79.6 Å². The van der Waals surface area contributed by atoms with Gasteiger partial charge in [-0.25, -0.2) is 9.97 Å². The van der Waals surface area contributed by atoms with Crippen LogP contribution in [0.25, 0.3) is 11.0 Å². The molecule has 0 atom stereocenters. The fourth-order valence-electron chi connectivity index (χ4n) is 2.85. The number of rotatable bonds is 5. The Balaban J connectivity index is 1.66. The average Bonchev–Trinajstić information content (AvgIpc) is 3.29. The van der Waals surface area contributed by atoms with Gasteiger partial charge in [0, 0.05) is 12.6 Å². The SMILES string of the molecule is CC(=O)Nc1ccc(Cl)c(C(=O)c2sc(Nc3ccc4nc[nH]c4c3)nc2N)c1Cl. The van der Waals surface area contributed by atoms with Crippen molar-refractivity contribution in [2.24, 2.45) is 0 Å². The largest absolute Gasteiger partial charge is 0.382 e. The normalized spacial score (nSPS) is 10.9. The first-order valence-electron chi connectivity index (χ1n) is 8.60. The van der Waals surface area contributed by atoms with E-state index in [9.17, 15) is 9.59 Å². The number of nitrogens with two attached hydrogens (primary N) is 1. The van der Waals surface area contributed by atoms with E-state index < -0.39 is 5.78 Å². The minimum atomic E-state index is -0.482. The number of aromatic nitrogens is 3. The summed E-state index contributed by atoms with van der Waals surface area (Å²) in [6.07, 6.45) is 1.61. The van der Waals surface area contributed by atoms with Crippen molar-refractivity contribution in [3.05, 3.63) is 57.1 Å². The van der Waals surface area contributed by atoms with E-state index >= 15 is 0 Å². The summed E-state index contributed by atoms with van der Waals surface area (Å²) in [4.78, 5) is 36.1. The molecule has 0 radical (unpaired) electrons. The van der Waals surface area contributed by atoms with Gasteiger partial charge >= 0.3 is 0 Å². The monoisotopic (exact) mass is 460 g/mol. The molecule has 0 saturated carbocycles. The summed E-state index contributed by atoms with van der Waals surface area (Å²) in [5, 5.41) is 6.30. The van der Waals surface area contributed by atoms with Crippen molar-refractivity contribution in [3.63, 3.8) is 0 Å². The number of halogens is 2. The standard InChI is InChI=1S/C19H14Cl2N6O2S/c1-8(28)25-12-5-3-10(20)14(15(12)21)16(29)17-18(22)27-19(30-17)26-9-2-4-11-13(6-9)24-7-23-11/h2-7H,22H2,1H3,(H,23,24)(H,25,28)(H,26,27). The van der Waals surface area contributed by atoms with Gasteiger partial charge in [-0.05, 0) is 30.3 Å². The van der Waals surface area contributed by atoms with E-state index in [4.69, 9.17) is 28.9 Å². The number of benzene rings is 2. The number of carbonyl (C=O) groups excluding carboxylic acids is 2. The first-order chi connectivity index (χ1) is 14.3. The first kappa shape index (κ1) is 20.1. The van der Waals surface area contributed by atoms with E-state index in [1.807, 2.05) is 18.2 Å². The number of imidazole rings is 1. The number of fused-ring (bicyclic) bond motifs is 1. The number of thiazole rings is 1. The molecule has 0 aliphatic rings. The number of amides is 1. The van der Waals surface area contributed by atoms with Crippen LogP contribution in [0.5, 0.6) is 0 Å². The molecule has 5 N–H and O–H groups in total. The van der Waals surface area contributed by atoms with Gasteiger partial charge in [0.05, 0.1) is 38.7 Å². The second-order valence-corrected chi connectivity index (χ2v) is 8.07. The zero-order valence-corrected chi connectivity index (χ0v) is 17.7. The van der Waals surface area contributed by atoms with Gasteiger partial charge < -0.3 is 21.4 Å². The van der Waals surface area contributed by atoms with Crippen LogP contribution in [-0.2, 0) is 4.79 Å². The van der Waals surface area contributed by atoms with Crippen molar-refractivity contribution in [2.75, 3.05) is 16.4 Å². The second-order valence-electron chi connectivity index (χ2n) is 6.29. The van der Waals surface area contributed by atoms with Crippen molar-refractivity contribution < 1.29 is 9.59 Å². The molecule has 1 amide bonds. The van der Waals surface area contributed by atoms with Gasteiger partial charge in [0.15, 0.2) is 5.13 Å². The maximum Gasteiger partial charge on any atom is 0.221 e. The van der Waals surface area contributed by atoms with Gasteiger partial charge in [0.2, 0.25) is 11.7 Å². The van der Waals surface area contributed by atoms with E-state index in [2.05, 4.69) is 25.6 Å². The third kappa shape index (κ3) is 3.82. The lowest BCUT2D eigenvalue weighted by Gasteiger charge is -2.10. The molecule has 2 aromatic carbocycles. The van der Waals surface area contributed by atoms with Crippen LogP contribution in [0.3, 0.4) is 0 Å². The van der Waals surface area contributed by atoms with Crippen LogP contribution in [0.4, 0.5) is 22.3 Å². The maximum absolute atomic E-state index is 13.1. The molecular weight excluding hydrogens is 447 g/mol. The smallest absolute Gasteiger partial charge is 0.221 e. The van der Waals surface area contributed by atoms with Crippen molar-refractivity contribution in [3.8, 4) is 0 Å². The van der Waals surface area contributed by atoms with Crippen LogP contribution >= 0.6 is 34.5 Å². The Morgan fingerprint density at radius 1 is 1.20 bits per heavy atom. The summed E-state index contributed by atoms with van der Waals surface area (Å²) in [6.45, 7) is 1.34. The zero-order chi connectivity index (χ0) is 21.4. The van der Waals surface area contributed by atoms with Crippen LogP contribution in [0.1, 0.15) is 22.2 Å². The van der Waals surface area contributed by atoms with Crippen LogP contribution in [0.2, 0.25) is 10.0 Å². The van der Waals surface area contributed by atoms with Gasteiger partial charge in [-0.1, -0.05) is 34.5 Å². The van der Waals surface area contributed by atoms with Gasteiger partial charge in [0.1, 0.15) is 10.7 Å². The molecule has 2 heterocycles. The van der Waals surface area contributed by atoms with E-state index in [-0.39, 0.29) is 37.9 Å². The van der Waals surface area contributed by atoms with Crippen LogP contribution < -0.4 is 16.4 Å². The number of aromatic amines is 1. The molecule has 0 fully saturated rings. The third-order valence-electron chi connectivity index (χ3n) is 4.16. The molecular formula is C19H14Cl2N6O2S. The highest BCUT2D eigenvalue weighted by molar-refractivity contribution is 7.18. The molecule has 2 aromatic heterocycles. The Bertz CT molecular complexity index is 1300. The number of H-pyrrole nitrogens is 1. The van der Waals surface area contributed by atoms with Crippen LogP contribution in [0, 0.1) is 0 Å². The van der Waals surface area contributed by atoms with Crippen LogP contribution in [-0.4, -0.2) is 26.6 Å². The first-order valence-corrected chi connectivity index (χ1v) is 10.2. The van der Waals surface area contributed by atoms with E-state index in [1.165, 1.54) is 19.1 Å². The summed E-state index contributed by atoms with van der Waals surface area (Å²) in [5.74, 6) is -0.757. The van der Waals surface area contributed by atoms with Gasteiger partial charge in [-0.3, -0.25) is 9.59 Å². The molecule has 0 aliphatic heterocycles. The zero-order valence-electron chi connectivity index (χ0n) is 15.4. The van der Waals surface area contributed by atoms with Crippen molar-refractivity contribution in [2.45, 2.75) is 6.92 Å². The van der Waals surface area contributed by atoms with Crippen LogP contribution in [0.15, 0.2) is 36.7 Å². The van der Waals surface area contributed by atoms with Crippen molar-refractivity contribution in [1.82, 2.24) is 15.0 Å². The molecule has 0 unspecified atom stereocenters. The average molecular weight is 461 g/mol. The Kier molecular flexibility index (Phi) is 5.33. The highest BCUT2D eigenvalue weighted by atomic mass is 35.5. The van der Waals surface area contributed by atoms with Crippen molar-refractivity contribution in [1.29, 1.82) is 0 Å². The Morgan fingerprint density at radius 3 is 2.77 bits per heavy atom. The minimum absolute atomic E-state index is 0.0368. The lowest BCUT2D eigenvalue weighted by Crippen LogP contribution is -2.10. The van der Waals surface area contributed by atoms with E-state index in [0.29, 0.717) is 5.13 Å². The number of carbonyl (C=O) groups is 2. The minimum Gasteiger partial charge on any atom is -0.382 e. The summed E-state index contributed by atoms with van der Waals surface area (Å²) in [7, 11) is 0. The number of anilines is 4. The molecule has 4 aromatic rings. The number of nitrogen functional groups attached to an aromatic ring is 1.